The van der Waals surface area contributed by atoms with Crippen molar-refractivity contribution in [3.63, 3.8) is 0 Å². The van der Waals surface area contributed by atoms with Crippen molar-refractivity contribution in [2.45, 2.75) is 52.6 Å². The molecule has 1 aromatic rings. The molecule has 20 heavy (non-hydrogen) atoms. The van der Waals surface area contributed by atoms with Crippen LogP contribution in [0.25, 0.3) is 0 Å². The third-order valence-corrected chi connectivity index (χ3v) is 4.15. The zero-order valence-corrected chi connectivity index (χ0v) is 13.0. The van der Waals surface area contributed by atoms with E-state index >= 15 is 0 Å². The number of para-hydroxylation sites is 1. The van der Waals surface area contributed by atoms with Crippen LogP contribution in [0.4, 0.5) is 11.4 Å². The molecule has 0 heterocycles. The third kappa shape index (κ3) is 4.06. The first kappa shape index (κ1) is 15.0. The van der Waals surface area contributed by atoms with E-state index < -0.39 is 0 Å². The number of hydrogen-bond acceptors (Lipinski definition) is 3. The summed E-state index contributed by atoms with van der Waals surface area (Å²) in [6.45, 7) is 7.40. The average Bonchev–Trinajstić information content (AvgIpc) is 2.41. The van der Waals surface area contributed by atoms with Crippen LogP contribution in [0.3, 0.4) is 0 Å². The van der Waals surface area contributed by atoms with Gasteiger partial charge in [0, 0.05) is 6.54 Å². The molecule has 1 aliphatic rings. The van der Waals surface area contributed by atoms with Crippen LogP contribution >= 0.6 is 0 Å². The van der Waals surface area contributed by atoms with Crippen molar-refractivity contribution >= 4 is 11.4 Å². The van der Waals surface area contributed by atoms with Gasteiger partial charge in [0.05, 0.1) is 17.5 Å². The average molecular weight is 276 g/mol. The summed E-state index contributed by atoms with van der Waals surface area (Å²) in [5.41, 5.74) is 7.91. The second-order valence-electron chi connectivity index (χ2n) is 6.39. The summed E-state index contributed by atoms with van der Waals surface area (Å²) in [6.07, 6.45) is 5.52. The highest BCUT2D eigenvalue weighted by molar-refractivity contribution is 5.72. The van der Waals surface area contributed by atoms with Crippen molar-refractivity contribution in [2.75, 3.05) is 17.6 Å². The van der Waals surface area contributed by atoms with Crippen LogP contribution in [0.2, 0.25) is 0 Å². The van der Waals surface area contributed by atoms with Crippen LogP contribution in [0, 0.1) is 11.8 Å². The van der Waals surface area contributed by atoms with Gasteiger partial charge in [-0.05, 0) is 50.7 Å². The fourth-order valence-corrected chi connectivity index (χ4v) is 2.84. The maximum atomic E-state index is 6.18. The van der Waals surface area contributed by atoms with Gasteiger partial charge in [0.2, 0.25) is 0 Å². The van der Waals surface area contributed by atoms with Crippen molar-refractivity contribution in [3.8, 4) is 5.75 Å². The van der Waals surface area contributed by atoms with Gasteiger partial charge in [0.25, 0.3) is 0 Å². The molecule has 1 aromatic carbocycles. The second kappa shape index (κ2) is 6.87. The normalized spacial score (nSPS) is 22.8. The first-order valence-corrected chi connectivity index (χ1v) is 7.85. The van der Waals surface area contributed by atoms with E-state index in [1.165, 1.54) is 25.7 Å². The van der Waals surface area contributed by atoms with Gasteiger partial charge in [-0.1, -0.05) is 25.8 Å². The lowest BCUT2D eigenvalue weighted by Gasteiger charge is -2.27. The number of rotatable bonds is 5. The zero-order chi connectivity index (χ0) is 14.5. The standard InChI is InChI=1S/C17H28N2O/c1-12(2)20-16-6-4-5-15(17(16)18)19-11-14-9-7-13(3)8-10-14/h4-6,12-14,19H,7-11,18H2,1-3H3. The molecule has 0 amide bonds. The molecule has 0 radical (unpaired) electrons. The first-order chi connectivity index (χ1) is 9.56. The van der Waals surface area contributed by atoms with Gasteiger partial charge in [0.1, 0.15) is 5.75 Å². The number of nitrogens with one attached hydrogen (secondary N) is 1. The van der Waals surface area contributed by atoms with E-state index in [9.17, 15) is 0 Å². The second-order valence-corrected chi connectivity index (χ2v) is 6.39. The summed E-state index contributed by atoms with van der Waals surface area (Å²) >= 11 is 0. The number of nitrogen functional groups attached to an aromatic ring is 1. The highest BCUT2D eigenvalue weighted by Crippen LogP contribution is 2.32. The minimum atomic E-state index is 0.146. The summed E-state index contributed by atoms with van der Waals surface area (Å²) in [5.74, 6) is 2.46. The quantitative estimate of drug-likeness (QED) is 0.788. The Bertz CT molecular complexity index is 423. The van der Waals surface area contributed by atoms with Crippen LogP contribution in [0.5, 0.6) is 5.75 Å². The van der Waals surface area contributed by atoms with Crippen LogP contribution in [-0.2, 0) is 0 Å². The fourth-order valence-electron chi connectivity index (χ4n) is 2.84. The highest BCUT2D eigenvalue weighted by atomic mass is 16.5. The van der Waals surface area contributed by atoms with E-state index in [1.807, 2.05) is 32.0 Å². The molecule has 0 bridgehead atoms. The lowest BCUT2D eigenvalue weighted by molar-refractivity contribution is 0.244. The lowest BCUT2D eigenvalue weighted by atomic mass is 9.83. The number of benzene rings is 1. The molecule has 2 rings (SSSR count). The molecule has 0 unspecified atom stereocenters. The summed E-state index contributed by atoms with van der Waals surface area (Å²) in [6, 6.07) is 5.97. The Hall–Kier alpha value is -1.38. The van der Waals surface area contributed by atoms with Gasteiger partial charge in [0.15, 0.2) is 0 Å². The maximum Gasteiger partial charge on any atom is 0.144 e. The van der Waals surface area contributed by atoms with Gasteiger partial charge in [-0.2, -0.15) is 0 Å². The van der Waals surface area contributed by atoms with Gasteiger partial charge in [-0.25, -0.2) is 0 Å². The molecule has 0 spiro atoms. The van der Waals surface area contributed by atoms with E-state index in [4.69, 9.17) is 10.5 Å². The van der Waals surface area contributed by atoms with Crippen molar-refractivity contribution in [2.24, 2.45) is 11.8 Å². The molecule has 0 aliphatic heterocycles. The molecule has 3 heteroatoms. The number of ether oxygens (including phenoxy) is 1. The van der Waals surface area contributed by atoms with Crippen LogP contribution in [0.15, 0.2) is 18.2 Å². The minimum absolute atomic E-state index is 0.146. The topological polar surface area (TPSA) is 47.3 Å². The first-order valence-electron chi connectivity index (χ1n) is 7.85. The van der Waals surface area contributed by atoms with E-state index in [0.29, 0.717) is 0 Å². The summed E-state index contributed by atoms with van der Waals surface area (Å²) in [5, 5.41) is 3.51. The number of anilines is 2. The van der Waals surface area contributed by atoms with Crippen LogP contribution in [0.1, 0.15) is 46.5 Å². The molecule has 3 nitrogen and oxygen atoms in total. The summed E-state index contributed by atoms with van der Waals surface area (Å²) < 4.78 is 5.73. The Balaban J connectivity index is 1.92. The molecule has 0 aromatic heterocycles. The molecule has 1 fully saturated rings. The largest absolute Gasteiger partial charge is 0.489 e. The molecule has 112 valence electrons. The highest BCUT2D eigenvalue weighted by Gasteiger charge is 2.18. The minimum Gasteiger partial charge on any atom is -0.489 e. The predicted octanol–water partition coefficient (Wildman–Crippen LogP) is 4.29. The Morgan fingerprint density at radius 2 is 1.95 bits per heavy atom. The monoisotopic (exact) mass is 276 g/mol. The Morgan fingerprint density at radius 1 is 1.25 bits per heavy atom. The van der Waals surface area contributed by atoms with Crippen LogP contribution < -0.4 is 15.8 Å². The molecule has 0 atom stereocenters. The van der Waals surface area contributed by atoms with Crippen molar-refractivity contribution in [1.29, 1.82) is 0 Å². The molecule has 0 saturated heterocycles. The lowest BCUT2D eigenvalue weighted by Crippen LogP contribution is -2.20. The van der Waals surface area contributed by atoms with Crippen molar-refractivity contribution in [1.82, 2.24) is 0 Å². The van der Waals surface area contributed by atoms with Gasteiger partial charge < -0.3 is 15.8 Å². The molecular weight excluding hydrogens is 248 g/mol. The molecular formula is C17H28N2O. The molecule has 3 N–H and O–H groups in total. The molecule has 1 saturated carbocycles. The van der Waals surface area contributed by atoms with E-state index in [0.717, 1.165) is 35.5 Å². The smallest absolute Gasteiger partial charge is 0.144 e. The number of nitrogens with two attached hydrogens (primary N) is 1. The molecule has 1 aliphatic carbocycles. The summed E-state index contributed by atoms with van der Waals surface area (Å²) in [7, 11) is 0. The Labute approximate surface area is 122 Å². The Morgan fingerprint density at radius 3 is 2.60 bits per heavy atom. The predicted molar refractivity (Wildman–Crippen MR) is 86.2 cm³/mol. The van der Waals surface area contributed by atoms with E-state index in [-0.39, 0.29) is 6.10 Å². The maximum absolute atomic E-state index is 6.18. The van der Waals surface area contributed by atoms with E-state index in [2.05, 4.69) is 12.2 Å². The zero-order valence-electron chi connectivity index (χ0n) is 13.0. The SMILES string of the molecule is CC1CCC(CNc2cccc(OC(C)C)c2N)CC1. The van der Waals surface area contributed by atoms with Crippen molar-refractivity contribution in [3.05, 3.63) is 18.2 Å². The summed E-state index contributed by atoms with van der Waals surface area (Å²) in [4.78, 5) is 0. The third-order valence-electron chi connectivity index (χ3n) is 4.15. The number of hydrogen-bond donors (Lipinski definition) is 2. The van der Waals surface area contributed by atoms with Crippen molar-refractivity contribution < 1.29 is 4.74 Å². The van der Waals surface area contributed by atoms with Gasteiger partial charge in [-0.3, -0.25) is 0 Å². The Kier molecular flexibility index (Phi) is 5.16. The fraction of sp³-hybridized carbons (Fsp3) is 0.647. The van der Waals surface area contributed by atoms with Crippen LogP contribution in [-0.4, -0.2) is 12.6 Å². The van der Waals surface area contributed by atoms with Gasteiger partial charge in [-0.15, -0.1) is 0 Å². The van der Waals surface area contributed by atoms with E-state index in [1.54, 1.807) is 0 Å². The van der Waals surface area contributed by atoms with Gasteiger partial charge >= 0.3 is 0 Å².